The van der Waals surface area contributed by atoms with Crippen LogP contribution in [0.1, 0.15) is 21.5 Å². The van der Waals surface area contributed by atoms with Gasteiger partial charge in [0.05, 0.1) is 24.4 Å². The van der Waals surface area contributed by atoms with Crippen molar-refractivity contribution in [2.45, 2.75) is 13.8 Å². The number of thiazole rings is 1. The number of carbonyl (C=O) groups is 1. The van der Waals surface area contributed by atoms with Gasteiger partial charge in [-0.3, -0.25) is 10.1 Å². The molecule has 6 heteroatoms. The van der Waals surface area contributed by atoms with Crippen molar-refractivity contribution in [3.05, 3.63) is 47.0 Å². The molecule has 0 atom stereocenters. The van der Waals surface area contributed by atoms with Gasteiger partial charge in [-0.2, -0.15) is 0 Å². The molecule has 0 aliphatic rings. The molecule has 0 bridgehead atoms. The average Bonchev–Trinajstić information content (AvgIpc) is 2.99. The minimum absolute atomic E-state index is 0.247. The van der Waals surface area contributed by atoms with Crippen molar-refractivity contribution in [1.29, 1.82) is 0 Å². The Bertz CT molecular complexity index is 893. The SMILES string of the molecule is COc1cc(C(=O)Nc2nc3c(C)cccc3s2)cc(OC)c1C. The molecule has 0 saturated carbocycles. The lowest BCUT2D eigenvalue weighted by Crippen LogP contribution is -2.12. The quantitative estimate of drug-likeness (QED) is 0.772. The highest BCUT2D eigenvalue weighted by Crippen LogP contribution is 2.31. The lowest BCUT2D eigenvalue weighted by Gasteiger charge is -2.12. The zero-order chi connectivity index (χ0) is 17.3. The molecule has 0 radical (unpaired) electrons. The lowest BCUT2D eigenvalue weighted by atomic mass is 10.1. The number of nitrogens with zero attached hydrogens (tertiary/aromatic N) is 1. The monoisotopic (exact) mass is 342 g/mol. The van der Waals surface area contributed by atoms with Crippen molar-refractivity contribution in [2.24, 2.45) is 0 Å². The Labute approximate surface area is 144 Å². The Kier molecular flexibility index (Phi) is 4.40. The number of hydrogen-bond acceptors (Lipinski definition) is 5. The van der Waals surface area contributed by atoms with Gasteiger partial charge < -0.3 is 9.47 Å². The van der Waals surface area contributed by atoms with Crippen molar-refractivity contribution in [1.82, 2.24) is 4.98 Å². The summed E-state index contributed by atoms with van der Waals surface area (Å²) in [4.78, 5) is 17.1. The number of anilines is 1. The van der Waals surface area contributed by atoms with E-state index in [-0.39, 0.29) is 5.91 Å². The van der Waals surface area contributed by atoms with Crippen molar-refractivity contribution in [3.8, 4) is 11.5 Å². The zero-order valence-corrected chi connectivity index (χ0v) is 14.8. The molecular weight excluding hydrogens is 324 g/mol. The number of aryl methyl sites for hydroxylation is 1. The molecule has 1 aromatic heterocycles. The maximum atomic E-state index is 12.6. The molecule has 1 N–H and O–H groups in total. The van der Waals surface area contributed by atoms with Crippen LogP contribution in [0.4, 0.5) is 5.13 Å². The zero-order valence-electron chi connectivity index (χ0n) is 14.0. The first-order chi connectivity index (χ1) is 11.5. The molecule has 0 aliphatic heterocycles. The van der Waals surface area contributed by atoms with Gasteiger partial charge in [0.25, 0.3) is 5.91 Å². The van der Waals surface area contributed by atoms with Gasteiger partial charge in [0.15, 0.2) is 5.13 Å². The summed E-state index contributed by atoms with van der Waals surface area (Å²) in [6, 6.07) is 9.38. The number of rotatable bonds is 4. The fourth-order valence-electron chi connectivity index (χ4n) is 2.53. The number of benzene rings is 2. The summed E-state index contributed by atoms with van der Waals surface area (Å²) in [6.45, 7) is 3.89. The van der Waals surface area contributed by atoms with E-state index in [1.165, 1.54) is 11.3 Å². The van der Waals surface area contributed by atoms with Crippen LogP contribution >= 0.6 is 11.3 Å². The van der Waals surface area contributed by atoms with E-state index in [1.807, 2.05) is 32.0 Å². The minimum Gasteiger partial charge on any atom is -0.496 e. The van der Waals surface area contributed by atoms with Crippen LogP contribution in [0, 0.1) is 13.8 Å². The Morgan fingerprint density at radius 2 is 1.79 bits per heavy atom. The topological polar surface area (TPSA) is 60.5 Å². The normalized spacial score (nSPS) is 10.7. The van der Waals surface area contributed by atoms with Crippen molar-refractivity contribution in [3.63, 3.8) is 0 Å². The molecule has 0 unspecified atom stereocenters. The van der Waals surface area contributed by atoms with Crippen molar-refractivity contribution >= 4 is 32.6 Å². The van der Waals surface area contributed by atoms with Crippen LogP contribution in [0.2, 0.25) is 0 Å². The third-order valence-corrected chi connectivity index (χ3v) is 4.79. The fraction of sp³-hybridized carbons (Fsp3) is 0.222. The molecule has 0 aliphatic carbocycles. The van der Waals surface area contributed by atoms with Crippen molar-refractivity contribution in [2.75, 3.05) is 19.5 Å². The molecule has 2 aromatic carbocycles. The predicted molar refractivity (Wildman–Crippen MR) is 96.6 cm³/mol. The number of amides is 1. The molecule has 124 valence electrons. The molecule has 5 nitrogen and oxygen atoms in total. The van der Waals surface area contributed by atoms with Gasteiger partial charge in [0, 0.05) is 11.1 Å². The Hall–Kier alpha value is -2.60. The summed E-state index contributed by atoms with van der Waals surface area (Å²) in [5.74, 6) is 0.975. The van der Waals surface area contributed by atoms with E-state index in [2.05, 4.69) is 10.3 Å². The van der Waals surface area contributed by atoms with Gasteiger partial charge in [-0.1, -0.05) is 23.5 Å². The van der Waals surface area contributed by atoms with Gasteiger partial charge in [0.2, 0.25) is 0 Å². The highest BCUT2D eigenvalue weighted by atomic mass is 32.1. The first-order valence-corrected chi connectivity index (χ1v) is 8.25. The summed E-state index contributed by atoms with van der Waals surface area (Å²) < 4.78 is 11.7. The van der Waals surface area contributed by atoms with Crippen LogP contribution in [-0.2, 0) is 0 Å². The number of hydrogen-bond donors (Lipinski definition) is 1. The molecule has 3 rings (SSSR count). The molecule has 1 heterocycles. The van der Waals surface area contributed by atoms with Gasteiger partial charge in [0.1, 0.15) is 11.5 Å². The molecule has 1 amide bonds. The molecule has 24 heavy (non-hydrogen) atoms. The third kappa shape index (κ3) is 2.92. The van der Waals surface area contributed by atoms with E-state index >= 15 is 0 Å². The van der Waals surface area contributed by atoms with Gasteiger partial charge >= 0.3 is 0 Å². The standard InChI is InChI=1S/C18H18N2O3S/c1-10-6-5-7-15-16(10)19-18(24-15)20-17(21)12-8-13(22-3)11(2)14(9-12)23-4/h5-9H,1-4H3,(H,19,20,21). The van der Waals surface area contributed by atoms with E-state index in [0.29, 0.717) is 22.2 Å². The van der Waals surface area contributed by atoms with Crippen LogP contribution < -0.4 is 14.8 Å². The van der Waals surface area contributed by atoms with Crippen LogP contribution in [-0.4, -0.2) is 25.1 Å². The smallest absolute Gasteiger partial charge is 0.257 e. The summed E-state index contributed by atoms with van der Waals surface area (Å²) >= 11 is 1.45. The van der Waals surface area contributed by atoms with E-state index in [0.717, 1.165) is 21.3 Å². The number of para-hydroxylation sites is 1. The maximum Gasteiger partial charge on any atom is 0.257 e. The highest BCUT2D eigenvalue weighted by Gasteiger charge is 2.15. The van der Waals surface area contributed by atoms with E-state index in [4.69, 9.17) is 9.47 Å². The van der Waals surface area contributed by atoms with E-state index in [1.54, 1.807) is 26.4 Å². The summed E-state index contributed by atoms with van der Waals surface area (Å²) in [7, 11) is 3.14. The molecule has 3 aromatic rings. The number of ether oxygens (including phenoxy) is 2. The van der Waals surface area contributed by atoms with Crippen LogP contribution in [0.5, 0.6) is 11.5 Å². The first-order valence-electron chi connectivity index (χ1n) is 7.43. The fourth-order valence-corrected chi connectivity index (χ4v) is 3.47. The average molecular weight is 342 g/mol. The number of carbonyl (C=O) groups excluding carboxylic acids is 1. The predicted octanol–water partition coefficient (Wildman–Crippen LogP) is 4.18. The van der Waals surface area contributed by atoms with E-state index in [9.17, 15) is 4.79 Å². The number of fused-ring (bicyclic) bond motifs is 1. The maximum absolute atomic E-state index is 12.6. The Balaban J connectivity index is 1.92. The minimum atomic E-state index is -0.247. The van der Waals surface area contributed by atoms with Gasteiger partial charge in [-0.25, -0.2) is 4.98 Å². The van der Waals surface area contributed by atoms with Crippen LogP contribution in [0.15, 0.2) is 30.3 Å². The molecule has 0 spiro atoms. The number of methoxy groups -OCH3 is 2. The second-order valence-corrected chi connectivity index (χ2v) is 6.43. The summed E-state index contributed by atoms with van der Waals surface area (Å²) in [6.07, 6.45) is 0. The van der Waals surface area contributed by atoms with Gasteiger partial charge in [-0.05, 0) is 37.6 Å². The van der Waals surface area contributed by atoms with Crippen molar-refractivity contribution < 1.29 is 14.3 Å². The number of nitrogens with one attached hydrogen (secondary N) is 1. The second kappa shape index (κ2) is 6.49. The first kappa shape index (κ1) is 16.3. The lowest BCUT2D eigenvalue weighted by molar-refractivity contribution is 0.102. The highest BCUT2D eigenvalue weighted by molar-refractivity contribution is 7.22. The third-order valence-electron chi connectivity index (χ3n) is 3.86. The number of aromatic nitrogens is 1. The molecule has 0 saturated heterocycles. The summed E-state index contributed by atoms with van der Waals surface area (Å²) in [5, 5.41) is 3.43. The van der Waals surface area contributed by atoms with Gasteiger partial charge in [-0.15, -0.1) is 0 Å². The molecule has 0 fully saturated rings. The van der Waals surface area contributed by atoms with Crippen LogP contribution in [0.3, 0.4) is 0 Å². The largest absolute Gasteiger partial charge is 0.496 e. The Morgan fingerprint density at radius 3 is 2.38 bits per heavy atom. The van der Waals surface area contributed by atoms with Crippen LogP contribution in [0.25, 0.3) is 10.2 Å². The molecular formula is C18H18N2O3S. The second-order valence-electron chi connectivity index (χ2n) is 5.40. The van der Waals surface area contributed by atoms with E-state index < -0.39 is 0 Å². The summed E-state index contributed by atoms with van der Waals surface area (Å²) in [5.41, 5.74) is 3.32. The Morgan fingerprint density at radius 1 is 1.12 bits per heavy atom.